The first kappa shape index (κ1) is 15.8. The SMILES string of the molecule is CC(CC(O)c1ccc(Cl)cc1Cl)CC(C)(C)C. The van der Waals surface area contributed by atoms with Crippen molar-refractivity contribution >= 4 is 23.2 Å². The molecule has 1 aromatic carbocycles. The Hall–Kier alpha value is -0.240. The van der Waals surface area contributed by atoms with Gasteiger partial charge in [0.25, 0.3) is 0 Å². The largest absolute Gasteiger partial charge is 0.388 e. The maximum Gasteiger partial charge on any atom is 0.0807 e. The summed E-state index contributed by atoms with van der Waals surface area (Å²) < 4.78 is 0. The van der Waals surface area contributed by atoms with Crippen molar-refractivity contribution in [3.05, 3.63) is 33.8 Å². The molecule has 2 unspecified atom stereocenters. The first-order chi connectivity index (χ1) is 8.19. The average molecular weight is 289 g/mol. The van der Waals surface area contributed by atoms with E-state index in [0.29, 0.717) is 16.0 Å². The van der Waals surface area contributed by atoms with E-state index in [2.05, 4.69) is 27.7 Å². The van der Waals surface area contributed by atoms with E-state index in [1.165, 1.54) is 0 Å². The predicted octanol–water partition coefficient (Wildman–Crippen LogP) is 5.49. The molecule has 2 atom stereocenters. The van der Waals surface area contributed by atoms with Crippen molar-refractivity contribution in [2.75, 3.05) is 0 Å². The van der Waals surface area contributed by atoms with Crippen LogP contribution in [0.3, 0.4) is 0 Å². The van der Waals surface area contributed by atoms with Gasteiger partial charge in [0.05, 0.1) is 6.10 Å². The van der Waals surface area contributed by atoms with Crippen molar-refractivity contribution in [3.8, 4) is 0 Å². The minimum Gasteiger partial charge on any atom is -0.388 e. The summed E-state index contributed by atoms with van der Waals surface area (Å²) in [4.78, 5) is 0. The summed E-state index contributed by atoms with van der Waals surface area (Å²) >= 11 is 11.9. The smallest absolute Gasteiger partial charge is 0.0807 e. The maximum atomic E-state index is 10.2. The molecule has 0 aliphatic rings. The molecular formula is C15H22Cl2O. The molecule has 0 fully saturated rings. The Morgan fingerprint density at radius 3 is 2.33 bits per heavy atom. The molecule has 0 radical (unpaired) electrons. The van der Waals surface area contributed by atoms with Gasteiger partial charge in [-0.05, 0) is 41.9 Å². The summed E-state index contributed by atoms with van der Waals surface area (Å²) in [5.41, 5.74) is 1.05. The van der Waals surface area contributed by atoms with Gasteiger partial charge in [0.2, 0.25) is 0 Å². The summed E-state index contributed by atoms with van der Waals surface area (Å²) in [5.74, 6) is 0.451. The minimum atomic E-state index is -0.521. The molecule has 102 valence electrons. The molecular weight excluding hydrogens is 267 g/mol. The second-order valence-corrected chi connectivity index (χ2v) is 7.13. The van der Waals surface area contributed by atoms with E-state index in [9.17, 15) is 5.11 Å². The lowest BCUT2D eigenvalue weighted by atomic mass is 9.82. The summed E-state index contributed by atoms with van der Waals surface area (Å²) in [6, 6.07) is 5.25. The highest BCUT2D eigenvalue weighted by Gasteiger charge is 2.20. The molecule has 0 amide bonds. The van der Waals surface area contributed by atoms with Crippen LogP contribution in [0.5, 0.6) is 0 Å². The molecule has 1 rings (SSSR count). The van der Waals surface area contributed by atoms with Crippen LogP contribution in [-0.2, 0) is 0 Å². The van der Waals surface area contributed by atoms with E-state index in [0.717, 1.165) is 18.4 Å². The van der Waals surface area contributed by atoms with Gasteiger partial charge in [0, 0.05) is 10.0 Å². The average Bonchev–Trinajstić information content (AvgIpc) is 2.13. The summed E-state index contributed by atoms with van der Waals surface area (Å²) in [6.45, 7) is 8.81. The normalized spacial score (nSPS) is 15.5. The number of halogens is 2. The molecule has 0 saturated carbocycles. The number of aliphatic hydroxyl groups is 1. The predicted molar refractivity (Wildman–Crippen MR) is 79.3 cm³/mol. The van der Waals surface area contributed by atoms with E-state index < -0.39 is 6.10 Å². The summed E-state index contributed by atoms with van der Waals surface area (Å²) in [7, 11) is 0. The Morgan fingerprint density at radius 1 is 1.22 bits per heavy atom. The Balaban J connectivity index is 2.67. The van der Waals surface area contributed by atoms with Crippen molar-refractivity contribution in [2.24, 2.45) is 11.3 Å². The van der Waals surface area contributed by atoms with Crippen LogP contribution in [0.2, 0.25) is 10.0 Å². The van der Waals surface area contributed by atoms with E-state index in [4.69, 9.17) is 23.2 Å². The quantitative estimate of drug-likeness (QED) is 0.777. The molecule has 1 nitrogen and oxygen atoms in total. The lowest BCUT2D eigenvalue weighted by Gasteiger charge is -2.25. The third-order valence-corrected chi connectivity index (χ3v) is 3.47. The maximum absolute atomic E-state index is 10.2. The van der Waals surface area contributed by atoms with Crippen LogP contribution in [-0.4, -0.2) is 5.11 Å². The topological polar surface area (TPSA) is 20.2 Å². The van der Waals surface area contributed by atoms with Gasteiger partial charge in [-0.2, -0.15) is 0 Å². The second kappa shape index (κ2) is 6.27. The van der Waals surface area contributed by atoms with Crippen LogP contribution in [0.15, 0.2) is 18.2 Å². The van der Waals surface area contributed by atoms with Gasteiger partial charge in [-0.1, -0.05) is 57.0 Å². The van der Waals surface area contributed by atoms with Gasteiger partial charge < -0.3 is 5.11 Å². The number of hydrogen-bond donors (Lipinski definition) is 1. The first-order valence-corrected chi connectivity index (χ1v) is 7.07. The van der Waals surface area contributed by atoms with Crippen molar-refractivity contribution < 1.29 is 5.11 Å². The molecule has 3 heteroatoms. The Labute approximate surface area is 120 Å². The molecule has 0 saturated heterocycles. The second-order valence-electron chi connectivity index (χ2n) is 6.29. The fourth-order valence-corrected chi connectivity index (χ4v) is 2.94. The van der Waals surface area contributed by atoms with Crippen LogP contribution in [0.4, 0.5) is 0 Å². The third-order valence-electron chi connectivity index (χ3n) is 2.91. The van der Waals surface area contributed by atoms with Gasteiger partial charge in [0.1, 0.15) is 0 Å². The zero-order valence-corrected chi connectivity index (χ0v) is 13.0. The van der Waals surface area contributed by atoms with Crippen molar-refractivity contribution in [1.82, 2.24) is 0 Å². The van der Waals surface area contributed by atoms with Crippen molar-refractivity contribution in [3.63, 3.8) is 0 Å². The van der Waals surface area contributed by atoms with Crippen LogP contribution >= 0.6 is 23.2 Å². The molecule has 0 aromatic heterocycles. The lowest BCUT2D eigenvalue weighted by molar-refractivity contribution is 0.134. The number of benzene rings is 1. The van der Waals surface area contributed by atoms with Crippen molar-refractivity contribution in [2.45, 2.75) is 46.6 Å². The molecule has 0 aliphatic carbocycles. The number of hydrogen-bond acceptors (Lipinski definition) is 1. The van der Waals surface area contributed by atoms with E-state index in [-0.39, 0.29) is 5.41 Å². The zero-order valence-electron chi connectivity index (χ0n) is 11.5. The van der Waals surface area contributed by atoms with Gasteiger partial charge in [0.15, 0.2) is 0 Å². The van der Waals surface area contributed by atoms with Gasteiger partial charge >= 0.3 is 0 Å². The third kappa shape index (κ3) is 5.17. The summed E-state index contributed by atoms with van der Waals surface area (Å²) in [5, 5.41) is 11.4. The van der Waals surface area contributed by atoms with Crippen LogP contribution < -0.4 is 0 Å². The molecule has 18 heavy (non-hydrogen) atoms. The summed E-state index contributed by atoms with van der Waals surface area (Å²) in [6.07, 6.45) is 1.28. The van der Waals surface area contributed by atoms with Crippen LogP contribution in [0.25, 0.3) is 0 Å². The van der Waals surface area contributed by atoms with Crippen molar-refractivity contribution in [1.29, 1.82) is 0 Å². The Bertz CT molecular complexity index is 396. The van der Waals surface area contributed by atoms with Gasteiger partial charge in [-0.25, -0.2) is 0 Å². The van der Waals surface area contributed by atoms with E-state index in [1.54, 1.807) is 18.2 Å². The fraction of sp³-hybridized carbons (Fsp3) is 0.600. The monoisotopic (exact) mass is 288 g/mol. The fourth-order valence-electron chi connectivity index (χ4n) is 2.41. The highest BCUT2D eigenvalue weighted by Crippen LogP contribution is 2.33. The Morgan fingerprint density at radius 2 is 1.83 bits per heavy atom. The molecule has 1 aromatic rings. The molecule has 0 bridgehead atoms. The van der Waals surface area contributed by atoms with Crippen LogP contribution in [0, 0.1) is 11.3 Å². The van der Waals surface area contributed by atoms with Crippen LogP contribution in [0.1, 0.15) is 52.2 Å². The minimum absolute atomic E-state index is 0.281. The molecule has 0 spiro atoms. The molecule has 0 aliphatic heterocycles. The lowest BCUT2D eigenvalue weighted by Crippen LogP contribution is -2.13. The molecule has 1 N–H and O–H groups in total. The zero-order chi connectivity index (χ0) is 13.9. The first-order valence-electron chi connectivity index (χ1n) is 6.32. The van der Waals surface area contributed by atoms with Gasteiger partial charge in [-0.15, -0.1) is 0 Å². The number of aliphatic hydroxyl groups excluding tert-OH is 1. The standard InChI is InChI=1S/C15H22Cl2O/c1-10(9-15(2,3)4)7-14(18)12-6-5-11(16)8-13(12)17/h5-6,8,10,14,18H,7,9H2,1-4H3. The van der Waals surface area contributed by atoms with E-state index >= 15 is 0 Å². The van der Waals surface area contributed by atoms with Gasteiger partial charge in [-0.3, -0.25) is 0 Å². The highest BCUT2D eigenvalue weighted by molar-refractivity contribution is 6.35. The number of rotatable bonds is 4. The Kier molecular flexibility index (Phi) is 5.51. The van der Waals surface area contributed by atoms with E-state index in [1.807, 2.05) is 0 Å². The molecule has 0 heterocycles. The highest BCUT2D eigenvalue weighted by atomic mass is 35.5.